The van der Waals surface area contributed by atoms with E-state index in [9.17, 15) is 14.9 Å². The number of nitrogens with one attached hydrogen (secondary N) is 1. The Bertz CT molecular complexity index is 458. The SMILES string of the molecule is CCCCCCC(=O)Nc1cc([N+](=O)[O-])ccc1C. The number of non-ortho nitro benzene ring substituents is 1. The Labute approximate surface area is 113 Å². The second-order valence-electron chi connectivity index (χ2n) is 4.62. The van der Waals surface area contributed by atoms with Crippen LogP contribution in [-0.4, -0.2) is 10.8 Å². The lowest BCUT2D eigenvalue weighted by Gasteiger charge is -2.08. The second-order valence-corrected chi connectivity index (χ2v) is 4.62. The minimum Gasteiger partial charge on any atom is -0.326 e. The van der Waals surface area contributed by atoms with Crippen molar-refractivity contribution in [3.63, 3.8) is 0 Å². The van der Waals surface area contributed by atoms with Crippen molar-refractivity contribution in [2.24, 2.45) is 0 Å². The lowest BCUT2D eigenvalue weighted by Crippen LogP contribution is -2.12. The molecule has 0 aromatic heterocycles. The number of carbonyl (C=O) groups is 1. The van der Waals surface area contributed by atoms with Crippen molar-refractivity contribution in [3.05, 3.63) is 33.9 Å². The Kier molecular flexibility index (Phi) is 5.99. The minimum atomic E-state index is -0.462. The molecule has 0 atom stereocenters. The lowest BCUT2D eigenvalue weighted by molar-refractivity contribution is -0.384. The Morgan fingerprint density at radius 2 is 2.05 bits per heavy atom. The third-order valence-corrected chi connectivity index (χ3v) is 2.96. The van der Waals surface area contributed by atoms with E-state index in [0.717, 1.165) is 31.2 Å². The van der Waals surface area contributed by atoms with Gasteiger partial charge in [-0.25, -0.2) is 0 Å². The van der Waals surface area contributed by atoms with Gasteiger partial charge >= 0.3 is 0 Å². The number of amides is 1. The van der Waals surface area contributed by atoms with Gasteiger partial charge in [0.2, 0.25) is 5.91 Å². The molecule has 0 radical (unpaired) electrons. The molecule has 0 aliphatic heterocycles. The van der Waals surface area contributed by atoms with Crippen LogP contribution in [0.25, 0.3) is 0 Å². The predicted octanol–water partition coefficient (Wildman–Crippen LogP) is 3.81. The van der Waals surface area contributed by atoms with Crippen LogP contribution >= 0.6 is 0 Å². The molecule has 0 saturated carbocycles. The van der Waals surface area contributed by atoms with Crippen LogP contribution in [0, 0.1) is 17.0 Å². The maximum atomic E-state index is 11.7. The largest absolute Gasteiger partial charge is 0.326 e. The van der Waals surface area contributed by atoms with Crippen molar-refractivity contribution >= 4 is 17.3 Å². The van der Waals surface area contributed by atoms with Gasteiger partial charge in [0, 0.05) is 18.6 Å². The first-order valence-corrected chi connectivity index (χ1v) is 6.59. The van der Waals surface area contributed by atoms with Crippen LogP contribution in [0.1, 0.15) is 44.6 Å². The Morgan fingerprint density at radius 1 is 1.32 bits per heavy atom. The molecular weight excluding hydrogens is 244 g/mol. The van der Waals surface area contributed by atoms with Crippen molar-refractivity contribution in [2.75, 3.05) is 5.32 Å². The summed E-state index contributed by atoms with van der Waals surface area (Å²) in [6.07, 6.45) is 4.61. The van der Waals surface area contributed by atoms with Crippen LogP contribution < -0.4 is 5.32 Å². The van der Waals surface area contributed by atoms with Crippen LogP contribution in [0.2, 0.25) is 0 Å². The lowest BCUT2D eigenvalue weighted by atomic mass is 10.1. The quantitative estimate of drug-likeness (QED) is 0.462. The third kappa shape index (κ3) is 5.07. The van der Waals surface area contributed by atoms with E-state index in [0.29, 0.717) is 12.1 Å². The minimum absolute atomic E-state index is 0.00752. The van der Waals surface area contributed by atoms with E-state index in [4.69, 9.17) is 0 Å². The number of hydrogen-bond donors (Lipinski definition) is 1. The normalized spacial score (nSPS) is 10.2. The van der Waals surface area contributed by atoms with E-state index >= 15 is 0 Å². The fraction of sp³-hybridized carbons (Fsp3) is 0.500. The number of nitro groups is 1. The number of rotatable bonds is 7. The molecule has 19 heavy (non-hydrogen) atoms. The number of anilines is 1. The summed E-state index contributed by atoms with van der Waals surface area (Å²) < 4.78 is 0. The highest BCUT2D eigenvalue weighted by Gasteiger charge is 2.10. The smallest absolute Gasteiger partial charge is 0.271 e. The standard InChI is InChI=1S/C14H20N2O3/c1-3-4-5-6-7-14(17)15-13-10-12(16(18)19)9-8-11(13)2/h8-10H,3-7H2,1-2H3,(H,15,17). The topological polar surface area (TPSA) is 72.2 Å². The van der Waals surface area contributed by atoms with Gasteiger partial charge in [-0.2, -0.15) is 0 Å². The molecule has 0 saturated heterocycles. The summed E-state index contributed by atoms with van der Waals surface area (Å²) in [4.78, 5) is 22.0. The highest BCUT2D eigenvalue weighted by molar-refractivity contribution is 5.91. The van der Waals surface area contributed by atoms with E-state index in [2.05, 4.69) is 12.2 Å². The van der Waals surface area contributed by atoms with Gasteiger partial charge in [-0.1, -0.05) is 32.3 Å². The highest BCUT2D eigenvalue weighted by atomic mass is 16.6. The molecular formula is C14H20N2O3. The average Bonchev–Trinajstić information content (AvgIpc) is 2.37. The van der Waals surface area contributed by atoms with Gasteiger partial charge in [-0.05, 0) is 18.9 Å². The Morgan fingerprint density at radius 3 is 2.68 bits per heavy atom. The van der Waals surface area contributed by atoms with Crippen molar-refractivity contribution in [1.82, 2.24) is 0 Å². The van der Waals surface area contributed by atoms with Gasteiger partial charge in [0.15, 0.2) is 0 Å². The van der Waals surface area contributed by atoms with Gasteiger partial charge < -0.3 is 5.32 Å². The molecule has 1 aromatic rings. The van der Waals surface area contributed by atoms with E-state index in [1.807, 2.05) is 6.92 Å². The number of nitrogens with zero attached hydrogens (tertiary/aromatic N) is 1. The molecule has 0 unspecified atom stereocenters. The highest BCUT2D eigenvalue weighted by Crippen LogP contribution is 2.22. The summed E-state index contributed by atoms with van der Waals surface area (Å²) >= 11 is 0. The van der Waals surface area contributed by atoms with E-state index in [-0.39, 0.29) is 11.6 Å². The fourth-order valence-corrected chi connectivity index (χ4v) is 1.78. The second kappa shape index (κ2) is 7.51. The number of aryl methyl sites for hydroxylation is 1. The van der Waals surface area contributed by atoms with Gasteiger partial charge in [0.25, 0.3) is 5.69 Å². The summed E-state index contributed by atoms with van der Waals surface area (Å²) in [6.45, 7) is 3.93. The van der Waals surface area contributed by atoms with Crippen LogP contribution in [0.4, 0.5) is 11.4 Å². The first-order chi connectivity index (χ1) is 9.04. The first kappa shape index (κ1) is 15.1. The number of unbranched alkanes of at least 4 members (excludes halogenated alkanes) is 3. The summed E-state index contributed by atoms with van der Waals surface area (Å²) in [5.41, 5.74) is 1.34. The van der Waals surface area contributed by atoms with Gasteiger partial charge in [-0.15, -0.1) is 0 Å². The van der Waals surface area contributed by atoms with E-state index in [1.54, 1.807) is 6.07 Å². The van der Waals surface area contributed by atoms with Crippen molar-refractivity contribution in [2.45, 2.75) is 46.0 Å². The zero-order valence-corrected chi connectivity index (χ0v) is 11.4. The van der Waals surface area contributed by atoms with Crippen LogP contribution in [0.5, 0.6) is 0 Å². The number of nitro benzene ring substituents is 1. The molecule has 1 N–H and O–H groups in total. The van der Waals surface area contributed by atoms with Crippen molar-refractivity contribution < 1.29 is 9.72 Å². The van der Waals surface area contributed by atoms with Gasteiger partial charge in [0.05, 0.1) is 10.6 Å². The number of hydrogen-bond acceptors (Lipinski definition) is 3. The average molecular weight is 264 g/mol. The molecule has 0 fully saturated rings. The third-order valence-electron chi connectivity index (χ3n) is 2.96. The molecule has 0 spiro atoms. The molecule has 1 rings (SSSR count). The molecule has 1 amide bonds. The fourth-order valence-electron chi connectivity index (χ4n) is 1.78. The molecule has 104 valence electrons. The monoisotopic (exact) mass is 264 g/mol. The summed E-state index contributed by atoms with van der Waals surface area (Å²) in [7, 11) is 0. The maximum Gasteiger partial charge on any atom is 0.271 e. The first-order valence-electron chi connectivity index (χ1n) is 6.59. The molecule has 0 aliphatic carbocycles. The molecule has 0 heterocycles. The van der Waals surface area contributed by atoms with Crippen LogP contribution in [0.3, 0.4) is 0 Å². The molecule has 0 bridgehead atoms. The summed E-state index contributed by atoms with van der Waals surface area (Å²) in [5, 5.41) is 13.4. The predicted molar refractivity (Wildman–Crippen MR) is 75.2 cm³/mol. The van der Waals surface area contributed by atoms with E-state index < -0.39 is 4.92 Å². The van der Waals surface area contributed by atoms with Crippen LogP contribution in [-0.2, 0) is 4.79 Å². The summed E-state index contributed by atoms with van der Waals surface area (Å²) in [5.74, 6) is -0.0836. The van der Waals surface area contributed by atoms with Crippen molar-refractivity contribution in [3.8, 4) is 0 Å². The summed E-state index contributed by atoms with van der Waals surface area (Å²) in [6, 6.07) is 4.48. The molecule has 5 nitrogen and oxygen atoms in total. The zero-order chi connectivity index (χ0) is 14.3. The Hall–Kier alpha value is -1.91. The number of carbonyl (C=O) groups excluding carboxylic acids is 1. The molecule has 1 aromatic carbocycles. The van der Waals surface area contributed by atoms with Crippen molar-refractivity contribution in [1.29, 1.82) is 0 Å². The molecule has 0 aliphatic rings. The Balaban J connectivity index is 2.58. The number of benzene rings is 1. The van der Waals surface area contributed by atoms with E-state index in [1.165, 1.54) is 12.1 Å². The maximum absolute atomic E-state index is 11.7. The zero-order valence-electron chi connectivity index (χ0n) is 11.4. The molecule has 5 heteroatoms. The van der Waals surface area contributed by atoms with Gasteiger partial charge in [-0.3, -0.25) is 14.9 Å². The van der Waals surface area contributed by atoms with Crippen LogP contribution in [0.15, 0.2) is 18.2 Å². The van der Waals surface area contributed by atoms with Gasteiger partial charge in [0.1, 0.15) is 0 Å².